The molecule has 0 saturated carbocycles. The van der Waals surface area contributed by atoms with Crippen molar-refractivity contribution in [2.75, 3.05) is 11.5 Å². The molecule has 262 valence electrons. The van der Waals surface area contributed by atoms with Gasteiger partial charge in [0.05, 0.1) is 0 Å². The van der Waals surface area contributed by atoms with Crippen LogP contribution in [0.25, 0.3) is 41.1 Å². The summed E-state index contributed by atoms with van der Waals surface area (Å²) in [6.07, 6.45) is 10.7. The summed E-state index contributed by atoms with van der Waals surface area (Å²) >= 11 is 7.98. The van der Waals surface area contributed by atoms with Gasteiger partial charge in [0.2, 0.25) is 0 Å². The van der Waals surface area contributed by atoms with Crippen molar-refractivity contribution in [3.63, 3.8) is 0 Å². The zero-order chi connectivity index (χ0) is 34.6. The van der Waals surface area contributed by atoms with Crippen LogP contribution in [0.5, 0.6) is 0 Å². The molecule has 5 aromatic rings. The van der Waals surface area contributed by atoms with E-state index in [1.807, 2.05) is 0 Å². The van der Waals surface area contributed by atoms with Crippen molar-refractivity contribution < 1.29 is 0 Å². The van der Waals surface area contributed by atoms with Crippen LogP contribution in [-0.2, 0) is 0 Å². The fourth-order valence-corrected chi connectivity index (χ4v) is 24.2. The quantitative estimate of drug-likeness (QED) is 0.0634. The monoisotopic (exact) mass is 970 g/mol. The molecule has 2 atom stereocenters. The topological polar surface area (TPSA) is 0 Å². The van der Waals surface area contributed by atoms with Gasteiger partial charge in [0.1, 0.15) is 0 Å². The molecule has 0 aliphatic heterocycles. The standard InChI is InChI=1S/C34H40S6.6CH3.2Sn/c1-5-9-11-23(7-3)21-37-29-15-13-27(39-29)31-25-17-19-36-34(25)32(26-18-20-35-33(26)31)28-14-16-30(40-28)38-22-24(8-4)12-10-6-2;;;;;;;;/h13-18,23-24H,5-12,21-22H2,1-4H3;6*1H3;;. The van der Waals surface area contributed by atoms with Gasteiger partial charge in [0.25, 0.3) is 0 Å². The number of rotatable bonds is 18. The molecule has 0 saturated heterocycles. The van der Waals surface area contributed by atoms with E-state index in [1.54, 1.807) is 15.2 Å². The second kappa shape index (κ2) is 17.8. The third-order valence-corrected chi connectivity index (χ3v) is 35.9. The third kappa shape index (κ3) is 9.68. The first-order valence-electron chi connectivity index (χ1n) is 18.4. The van der Waals surface area contributed by atoms with Gasteiger partial charge in [-0.2, -0.15) is 0 Å². The van der Waals surface area contributed by atoms with Crippen LogP contribution in [0.3, 0.4) is 0 Å². The Bertz CT molecular complexity index is 1590. The van der Waals surface area contributed by atoms with E-state index in [4.69, 9.17) is 0 Å². The predicted molar refractivity (Wildman–Crippen MR) is 238 cm³/mol. The second-order valence-electron chi connectivity index (χ2n) is 15.6. The molecule has 2 unspecified atom stereocenters. The van der Waals surface area contributed by atoms with E-state index in [-0.39, 0.29) is 0 Å². The number of thioether (sulfide) groups is 2. The van der Waals surface area contributed by atoms with Gasteiger partial charge < -0.3 is 0 Å². The average molecular weight is 969 g/mol. The Balaban J connectivity index is 1.63. The number of unbranched alkanes of at least 4 members (excludes halogenated alkanes) is 2. The molecule has 0 N–H and O–H groups in total. The number of hydrogen-bond donors (Lipinski definition) is 0. The number of thiophene rings is 4. The maximum atomic E-state index is 2.67. The van der Waals surface area contributed by atoms with Crippen molar-refractivity contribution in [1.29, 1.82) is 0 Å². The normalized spacial score (nSPS) is 14.0. The fraction of sp³-hybridized carbons (Fsp3) is 0.550. The Morgan fingerprint density at radius 1 is 0.562 bits per heavy atom. The van der Waals surface area contributed by atoms with Crippen LogP contribution in [0.1, 0.15) is 79.1 Å². The van der Waals surface area contributed by atoms with Gasteiger partial charge in [-0.25, -0.2) is 0 Å². The molecule has 0 amide bonds. The fourth-order valence-electron chi connectivity index (χ4n) is 6.26. The van der Waals surface area contributed by atoms with Crippen LogP contribution in [0.15, 0.2) is 44.8 Å². The molecule has 0 nitrogen and oxygen atoms in total. The van der Waals surface area contributed by atoms with Crippen molar-refractivity contribution in [3.8, 4) is 20.9 Å². The van der Waals surface area contributed by atoms with E-state index in [0.717, 1.165) is 11.8 Å². The summed E-state index contributed by atoms with van der Waals surface area (Å²) < 4.78 is 9.49. The predicted octanol–water partition coefficient (Wildman–Crippen LogP) is 15.3. The molecule has 0 aliphatic rings. The van der Waals surface area contributed by atoms with Crippen LogP contribution >= 0.6 is 68.9 Å². The zero-order valence-electron chi connectivity index (χ0n) is 31.1. The summed E-state index contributed by atoms with van der Waals surface area (Å²) in [4.78, 5) is 18.5. The second-order valence-corrected chi connectivity index (χ2v) is 53.4. The van der Waals surface area contributed by atoms with Crippen LogP contribution in [0.2, 0.25) is 29.6 Å². The minimum atomic E-state index is -2.33. The summed E-state index contributed by atoms with van der Waals surface area (Å²) in [5.41, 5.74) is 3.08. The molecule has 0 bridgehead atoms. The Morgan fingerprint density at radius 3 is 1.29 bits per heavy atom. The molecule has 8 heteroatoms. The van der Waals surface area contributed by atoms with Crippen LogP contribution in [0, 0.1) is 11.8 Å². The van der Waals surface area contributed by atoms with E-state index >= 15 is 0 Å². The Morgan fingerprint density at radius 2 is 0.958 bits per heavy atom. The molecule has 1 aromatic carbocycles. The summed E-state index contributed by atoms with van der Waals surface area (Å²) in [6.45, 7) is 9.40. The number of benzene rings is 1. The van der Waals surface area contributed by atoms with Crippen molar-refractivity contribution in [3.05, 3.63) is 36.4 Å². The first kappa shape index (κ1) is 40.0. The summed E-state index contributed by atoms with van der Waals surface area (Å²) in [7, 11) is 0. The first-order valence-corrected chi connectivity index (χ1v) is 43.6. The SMILES string of the molecule is CCCCC(CC)CSc1ccc(-c2c3c[c]([Sn]([CH3])([CH3])[CH3])sc3c(-c3ccc(SCC(CC)CCCC)s3)c3c[c]([Sn]([CH3])([CH3])[CH3])sc23)s1. The van der Waals surface area contributed by atoms with Gasteiger partial charge in [0, 0.05) is 0 Å². The maximum absolute atomic E-state index is 2.67. The zero-order valence-corrected chi connectivity index (χ0v) is 41.7. The third-order valence-electron chi connectivity index (χ3n) is 9.60. The van der Waals surface area contributed by atoms with Crippen LogP contribution < -0.4 is 5.79 Å². The molecule has 0 fully saturated rings. The molecular formula is C40H58S6Sn2. The molecule has 0 spiro atoms. The van der Waals surface area contributed by atoms with Crippen molar-refractivity contribution in [2.24, 2.45) is 11.8 Å². The Labute approximate surface area is 325 Å². The van der Waals surface area contributed by atoms with Gasteiger partial charge in [0.15, 0.2) is 0 Å². The Kier molecular flexibility index (Phi) is 14.8. The van der Waals surface area contributed by atoms with E-state index < -0.39 is 36.8 Å². The van der Waals surface area contributed by atoms with E-state index in [0.29, 0.717) is 0 Å². The van der Waals surface area contributed by atoms with Crippen LogP contribution in [0.4, 0.5) is 0 Å². The van der Waals surface area contributed by atoms with Crippen molar-refractivity contribution in [1.82, 2.24) is 0 Å². The molecule has 0 radical (unpaired) electrons. The van der Waals surface area contributed by atoms with Gasteiger partial charge in [-0.1, -0.05) is 26.7 Å². The summed E-state index contributed by atoms with van der Waals surface area (Å²) in [5.74, 6) is 4.15. The van der Waals surface area contributed by atoms with E-state index in [1.165, 1.54) is 103 Å². The molecule has 4 aromatic heterocycles. The van der Waals surface area contributed by atoms with Gasteiger partial charge >= 0.3 is 303 Å². The summed E-state index contributed by atoms with van der Waals surface area (Å²) in [5, 5.41) is 3.06. The van der Waals surface area contributed by atoms with E-state index in [9.17, 15) is 0 Å². The molecule has 48 heavy (non-hydrogen) atoms. The van der Waals surface area contributed by atoms with Gasteiger partial charge in [-0.15, -0.1) is 0 Å². The summed E-state index contributed by atoms with van der Waals surface area (Å²) in [6, 6.07) is 15.1. The minimum absolute atomic E-state index is 0.828. The van der Waals surface area contributed by atoms with Gasteiger partial charge in [-0.05, 0) is 0 Å². The van der Waals surface area contributed by atoms with Crippen molar-refractivity contribution in [2.45, 2.75) is 117 Å². The Hall–Kier alpha value is 0.837. The number of fused-ring (bicyclic) bond motifs is 2. The first-order chi connectivity index (χ1) is 22.9. The molecule has 5 rings (SSSR count). The molecule has 0 aliphatic carbocycles. The number of hydrogen-bond acceptors (Lipinski definition) is 6. The van der Waals surface area contributed by atoms with Gasteiger partial charge in [-0.3, -0.25) is 0 Å². The van der Waals surface area contributed by atoms with Crippen LogP contribution in [-0.4, -0.2) is 48.3 Å². The van der Waals surface area contributed by atoms with E-state index in [2.05, 4.69) is 163 Å². The molecule has 4 heterocycles. The van der Waals surface area contributed by atoms with Crippen molar-refractivity contribution >= 4 is 132 Å². The molecular weight excluding hydrogens is 910 g/mol. The average Bonchev–Trinajstić information content (AvgIpc) is 3.85.